The van der Waals surface area contributed by atoms with E-state index in [0.29, 0.717) is 28.1 Å². The Morgan fingerprint density at radius 1 is 1.05 bits per heavy atom. The molecule has 0 aliphatic carbocycles. The van der Waals surface area contributed by atoms with Gasteiger partial charge < -0.3 is 9.47 Å². The summed E-state index contributed by atoms with van der Waals surface area (Å²) in [6, 6.07) is 13.5. The van der Waals surface area contributed by atoms with Crippen LogP contribution < -0.4 is 9.47 Å². The fraction of sp³-hybridized carbons (Fsp3) is 0.235. The molecule has 0 aromatic heterocycles. The first-order chi connectivity index (χ1) is 10.2. The van der Waals surface area contributed by atoms with Crippen LogP contribution in [0.1, 0.15) is 23.6 Å². The molecule has 4 heteroatoms. The minimum Gasteiger partial charge on any atom is -0.493 e. The summed E-state index contributed by atoms with van der Waals surface area (Å²) in [4.78, 5) is 0. The summed E-state index contributed by atoms with van der Waals surface area (Å²) in [7, 11) is 1.61. The quantitative estimate of drug-likeness (QED) is 0.729. The van der Waals surface area contributed by atoms with Crippen LogP contribution in [0.25, 0.3) is 0 Å². The van der Waals surface area contributed by atoms with Crippen LogP contribution in [0.2, 0.25) is 0 Å². The zero-order valence-electron chi connectivity index (χ0n) is 12.0. The lowest BCUT2D eigenvalue weighted by Crippen LogP contribution is -1.94. The fourth-order valence-corrected chi connectivity index (χ4v) is 2.32. The number of nitrogens with zero attached hydrogens (tertiary/aromatic N) is 1. The summed E-state index contributed by atoms with van der Waals surface area (Å²) in [6.07, 6.45) is 0.931. The average Bonchev–Trinajstić information content (AvgIpc) is 2.55. The third kappa shape index (κ3) is 3.56. The molecular formula is C17H16BrNO2. The second-order valence-corrected chi connectivity index (χ2v) is 5.08. The van der Waals surface area contributed by atoms with Crippen molar-refractivity contribution in [3.8, 4) is 23.3 Å². The summed E-state index contributed by atoms with van der Waals surface area (Å²) in [5.41, 5.74) is 2.72. The molecule has 2 aromatic carbocycles. The first-order valence-corrected chi connectivity index (χ1v) is 7.77. The third-order valence-corrected chi connectivity index (χ3v) is 3.82. The number of benzene rings is 2. The Morgan fingerprint density at radius 3 is 2.38 bits per heavy atom. The van der Waals surface area contributed by atoms with Crippen LogP contribution in [0, 0.1) is 11.3 Å². The van der Waals surface area contributed by atoms with E-state index in [-0.39, 0.29) is 0 Å². The van der Waals surface area contributed by atoms with Crippen LogP contribution in [0.5, 0.6) is 17.2 Å². The molecule has 108 valence electrons. The normalized spacial score (nSPS) is 10.0. The Balaban J connectivity index is 2.36. The zero-order valence-corrected chi connectivity index (χ0v) is 13.6. The first-order valence-electron chi connectivity index (χ1n) is 6.65. The van der Waals surface area contributed by atoms with Gasteiger partial charge in [0.2, 0.25) is 0 Å². The van der Waals surface area contributed by atoms with Gasteiger partial charge in [0.25, 0.3) is 0 Å². The summed E-state index contributed by atoms with van der Waals surface area (Å²) >= 11 is 3.38. The molecule has 0 heterocycles. The molecule has 0 aliphatic rings. The first kappa shape index (κ1) is 15.4. The predicted molar refractivity (Wildman–Crippen MR) is 86.2 cm³/mol. The lowest BCUT2D eigenvalue weighted by Gasteiger charge is -2.13. The number of ether oxygens (including phenoxy) is 2. The Hall–Kier alpha value is -1.99. The highest BCUT2D eigenvalue weighted by Crippen LogP contribution is 2.34. The van der Waals surface area contributed by atoms with Crippen molar-refractivity contribution in [3.63, 3.8) is 0 Å². The van der Waals surface area contributed by atoms with E-state index in [1.54, 1.807) is 7.11 Å². The van der Waals surface area contributed by atoms with Gasteiger partial charge in [-0.1, -0.05) is 35.0 Å². The number of rotatable bonds is 5. The minimum atomic E-state index is 0.508. The average molecular weight is 346 g/mol. The van der Waals surface area contributed by atoms with Crippen LogP contribution in [0.15, 0.2) is 36.4 Å². The molecule has 0 atom stereocenters. The molecule has 2 rings (SSSR count). The molecular weight excluding hydrogens is 330 g/mol. The van der Waals surface area contributed by atoms with Crippen molar-refractivity contribution in [1.29, 1.82) is 5.26 Å². The highest BCUT2D eigenvalue weighted by atomic mass is 79.9. The topological polar surface area (TPSA) is 42.2 Å². The van der Waals surface area contributed by atoms with Crippen LogP contribution in [0.4, 0.5) is 0 Å². The van der Waals surface area contributed by atoms with Gasteiger partial charge in [-0.05, 0) is 41.8 Å². The maximum atomic E-state index is 9.25. The number of hydrogen-bond acceptors (Lipinski definition) is 3. The van der Waals surface area contributed by atoms with Gasteiger partial charge in [0.05, 0.1) is 12.7 Å². The van der Waals surface area contributed by atoms with Crippen LogP contribution in [-0.4, -0.2) is 7.11 Å². The number of nitriles is 1. The number of alkyl halides is 1. The van der Waals surface area contributed by atoms with Gasteiger partial charge in [-0.3, -0.25) is 0 Å². The van der Waals surface area contributed by atoms with E-state index in [4.69, 9.17) is 9.47 Å². The van der Waals surface area contributed by atoms with E-state index in [1.165, 1.54) is 5.56 Å². The van der Waals surface area contributed by atoms with Gasteiger partial charge in [0.1, 0.15) is 11.8 Å². The highest BCUT2D eigenvalue weighted by molar-refractivity contribution is 9.08. The lowest BCUT2D eigenvalue weighted by molar-refractivity contribution is 0.378. The molecule has 2 aromatic rings. The lowest BCUT2D eigenvalue weighted by atomic mass is 10.1. The fourth-order valence-electron chi connectivity index (χ4n) is 1.97. The molecule has 0 N–H and O–H groups in total. The summed E-state index contributed by atoms with van der Waals surface area (Å²) in [6.45, 7) is 2.09. The van der Waals surface area contributed by atoms with Gasteiger partial charge >= 0.3 is 0 Å². The van der Waals surface area contributed by atoms with Gasteiger partial charge in [-0.25, -0.2) is 0 Å². The van der Waals surface area contributed by atoms with Gasteiger partial charge in [0, 0.05) is 5.33 Å². The number of aryl methyl sites for hydroxylation is 1. The molecule has 0 bridgehead atoms. The predicted octanol–water partition coefficient (Wildman–Crippen LogP) is 4.82. The Bertz CT molecular complexity index is 677. The second kappa shape index (κ2) is 7.14. The molecule has 0 unspecified atom stereocenters. The van der Waals surface area contributed by atoms with Crippen LogP contribution >= 0.6 is 15.9 Å². The number of halogens is 1. The van der Waals surface area contributed by atoms with Crippen molar-refractivity contribution in [2.24, 2.45) is 0 Å². The SMILES string of the molecule is CCc1ccc(Oc2ccc(CBr)cc2C#N)c(OC)c1. The van der Waals surface area contributed by atoms with Crippen LogP contribution in [-0.2, 0) is 11.8 Å². The van der Waals surface area contributed by atoms with E-state index >= 15 is 0 Å². The van der Waals surface area contributed by atoms with Crippen LogP contribution in [0.3, 0.4) is 0 Å². The smallest absolute Gasteiger partial charge is 0.169 e. The Labute approximate surface area is 133 Å². The van der Waals surface area contributed by atoms with Gasteiger partial charge in [-0.15, -0.1) is 0 Å². The van der Waals surface area contributed by atoms with Crippen molar-refractivity contribution in [1.82, 2.24) is 0 Å². The standard InChI is InChI=1S/C17H16BrNO2/c1-3-12-4-7-16(17(9-12)20-2)21-15-6-5-13(10-18)8-14(15)11-19/h4-9H,3,10H2,1-2H3. The van der Waals surface area contributed by atoms with E-state index in [9.17, 15) is 5.26 Å². The maximum absolute atomic E-state index is 9.25. The summed E-state index contributed by atoms with van der Waals surface area (Å²) < 4.78 is 11.2. The maximum Gasteiger partial charge on any atom is 0.169 e. The van der Waals surface area contributed by atoms with E-state index in [0.717, 1.165) is 12.0 Å². The number of hydrogen-bond donors (Lipinski definition) is 0. The second-order valence-electron chi connectivity index (χ2n) is 4.52. The Morgan fingerprint density at radius 2 is 1.76 bits per heavy atom. The molecule has 3 nitrogen and oxygen atoms in total. The summed E-state index contributed by atoms with van der Waals surface area (Å²) in [5, 5.41) is 9.95. The molecule has 0 amide bonds. The van der Waals surface area contributed by atoms with Crippen molar-refractivity contribution in [3.05, 3.63) is 53.1 Å². The molecule has 0 radical (unpaired) electrons. The van der Waals surface area contributed by atoms with Crippen molar-refractivity contribution >= 4 is 15.9 Å². The van der Waals surface area contributed by atoms with E-state index < -0.39 is 0 Å². The minimum absolute atomic E-state index is 0.508. The molecule has 0 spiro atoms. The number of methoxy groups -OCH3 is 1. The van der Waals surface area contributed by atoms with E-state index in [1.807, 2.05) is 36.4 Å². The molecule has 0 saturated heterocycles. The van der Waals surface area contributed by atoms with Crippen molar-refractivity contribution in [2.75, 3.05) is 7.11 Å². The monoisotopic (exact) mass is 345 g/mol. The Kier molecular flexibility index (Phi) is 5.24. The largest absolute Gasteiger partial charge is 0.493 e. The molecule has 21 heavy (non-hydrogen) atoms. The van der Waals surface area contributed by atoms with Gasteiger partial charge in [-0.2, -0.15) is 5.26 Å². The third-order valence-electron chi connectivity index (χ3n) is 3.17. The van der Waals surface area contributed by atoms with E-state index in [2.05, 4.69) is 28.9 Å². The summed E-state index contributed by atoms with van der Waals surface area (Å²) in [5.74, 6) is 1.81. The molecule has 0 aliphatic heterocycles. The van der Waals surface area contributed by atoms with Gasteiger partial charge in [0.15, 0.2) is 11.5 Å². The molecule has 0 saturated carbocycles. The van der Waals surface area contributed by atoms with Crippen molar-refractivity contribution < 1.29 is 9.47 Å². The highest BCUT2D eigenvalue weighted by Gasteiger charge is 2.10. The van der Waals surface area contributed by atoms with Crippen molar-refractivity contribution in [2.45, 2.75) is 18.7 Å². The zero-order chi connectivity index (χ0) is 15.2. The molecule has 0 fully saturated rings.